The van der Waals surface area contributed by atoms with Gasteiger partial charge in [0.15, 0.2) is 5.03 Å². The largest absolute Gasteiger partial charge is 0.233 e. The lowest BCUT2D eigenvalue weighted by Gasteiger charge is -2.05. The summed E-state index contributed by atoms with van der Waals surface area (Å²) in [6.45, 7) is 3.43. The fourth-order valence-corrected chi connectivity index (χ4v) is 3.00. The lowest BCUT2D eigenvalue weighted by Crippen LogP contribution is -2.07. The molecule has 0 saturated carbocycles. The first-order valence-corrected chi connectivity index (χ1v) is 6.99. The highest BCUT2D eigenvalue weighted by atomic mass is 32.2. The molecule has 6 heteroatoms. The van der Waals surface area contributed by atoms with Crippen LogP contribution in [0.5, 0.6) is 0 Å². The molecule has 0 spiro atoms. The van der Waals surface area contributed by atoms with Gasteiger partial charge in [-0.1, -0.05) is 12.1 Å². The summed E-state index contributed by atoms with van der Waals surface area (Å²) in [5.74, 6) is -0.147. The van der Waals surface area contributed by atoms with E-state index in [0.717, 1.165) is 5.56 Å². The molecular weight excluding hydrogens is 262 g/mol. The molecule has 0 amide bonds. The first-order chi connectivity index (χ1) is 8.93. The van der Waals surface area contributed by atoms with Crippen LogP contribution in [-0.2, 0) is 9.84 Å². The molecule has 0 saturated heterocycles. The van der Waals surface area contributed by atoms with Crippen molar-refractivity contribution in [3.63, 3.8) is 0 Å². The van der Waals surface area contributed by atoms with Crippen molar-refractivity contribution in [2.24, 2.45) is 0 Å². The SMILES string of the molecule is Cc1cccc(S(=O)(=O)c2cc(C)nc(C#N)n2)c1. The Labute approximate surface area is 111 Å². The summed E-state index contributed by atoms with van der Waals surface area (Å²) in [5, 5.41) is 8.65. The third-order valence-electron chi connectivity index (χ3n) is 2.51. The highest BCUT2D eigenvalue weighted by molar-refractivity contribution is 7.91. The Hall–Kier alpha value is -2.26. The average Bonchev–Trinajstić information content (AvgIpc) is 2.38. The van der Waals surface area contributed by atoms with E-state index in [-0.39, 0.29) is 15.7 Å². The second-order valence-corrected chi connectivity index (χ2v) is 6.00. The van der Waals surface area contributed by atoms with Gasteiger partial charge >= 0.3 is 0 Å². The van der Waals surface area contributed by atoms with Crippen LogP contribution >= 0.6 is 0 Å². The molecular formula is C13H11N3O2S. The Balaban J connectivity index is 2.64. The Morgan fingerprint density at radius 3 is 2.53 bits per heavy atom. The average molecular weight is 273 g/mol. The summed E-state index contributed by atoms with van der Waals surface area (Å²) in [7, 11) is -3.72. The summed E-state index contributed by atoms with van der Waals surface area (Å²) in [5.41, 5.74) is 1.28. The number of benzene rings is 1. The van der Waals surface area contributed by atoms with E-state index in [1.54, 1.807) is 25.1 Å². The Bertz CT molecular complexity index is 777. The predicted molar refractivity (Wildman–Crippen MR) is 68.1 cm³/mol. The van der Waals surface area contributed by atoms with E-state index in [4.69, 9.17) is 5.26 Å². The summed E-state index contributed by atoms with van der Waals surface area (Å²) >= 11 is 0. The maximum atomic E-state index is 12.4. The number of nitrogens with zero attached hydrogens (tertiary/aromatic N) is 3. The van der Waals surface area contributed by atoms with E-state index in [0.29, 0.717) is 5.69 Å². The zero-order valence-electron chi connectivity index (χ0n) is 10.5. The molecule has 0 fully saturated rings. The Morgan fingerprint density at radius 2 is 1.89 bits per heavy atom. The number of rotatable bonds is 2. The number of aromatic nitrogens is 2. The van der Waals surface area contributed by atoms with Crippen LogP contribution in [0, 0.1) is 25.2 Å². The van der Waals surface area contributed by atoms with Crippen molar-refractivity contribution >= 4 is 9.84 Å². The van der Waals surface area contributed by atoms with Gasteiger partial charge in [-0.15, -0.1) is 0 Å². The second-order valence-electron chi connectivity index (χ2n) is 4.10. The van der Waals surface area contributed by atoms with E-state index in [1.165, 1.54) is 12.1 Å². The van der Waals surface area contributed by atoms with Crippen molar-refractivity contribution in [1.29, 1.82) is 5.26 Å². The fraction of sp³-hybridized carbons (Fsp3) is 0.154. The van der Waals surface area contributed by atoms with Gasteiger partial charge in [0.25, 0.3) is 0 Å². The number of sulfone groups is 1. The normalized spacial score (nSPS) is 11.0. The molecule has 0 aliphatic heterocycles. The van der Waals surface area contributed by atoms with Gasteiger partial charge in [-0.3, -0.25) is 0 Å². The first kappa shape index (κ1) is 13.2. The summed E-state index contributed by atoms with van der Waals surface area (Å²) < 4.78 is 24.8. The quantitative estimate of drug-likeness (QED) is 0.779. The number of nitriles is 1. The van der Waals surface area contributed by atoms with Crippen LogP contribution < -0.4 is 0 Å². The number of hydrogen-bond acceptors (Lipinski definition) is 5. The van der Waals surface area contributed by atoms with Crippen molar-refractivity contribution in [3.05, 3.63) is 47.4 Å². The lowest BCUT2D eigenvalue weighted by molar-refractivity contribution is 0.591. The second kappa shape index (κ2) is 4.78. The van der Waals surface area contributed by atoms with Gasteiger partial charge in [0.2, 0.25) is 15.7 Å². The monoisotopic (exact) mass is 273 g/mol. The van der Waals surface area contributed by atoms with Gasteiger partial charge in [-0.2, -0.15) is 5.26 Å². The summed E-state index contributed by atoms with van der Waals surface area (Å²) in [6, 6.07) is 9.67. The molecule has 1 aromatic carbocycles. The van der Waals surface area contributed by atoms with Crippen molar-refractivity contribution in [2.75, 3.05) is 0 Å². The molecule has 1 aromatic heterocycles. The smallest absolute Gasteiger partial charge is 0.224 e. The predicted octanol–water partition coefficient (Wildman–Crippen LogP) is 1.80. The standard InChI is InChI=1S/C13H11N3O2S/c1-9-4-3-5-11(6-9)19(17,18)13-7-10(2)15-12(8-14)16-13/h3-7H,1-2H3. The minimum Gasteiger partial charge on any atom is -0.224 e. The van der Waals surface area contributed by atoms with Gasteiger partial charge in [-0.25, -0.2) is 18.4 Å². The van der Waals surface area contributed by atoms with E-state index >= 15 is 0 Å². The van der Waals surface area contributed by atoms with E-state index in [2.05, 4.69) is 9.97 Å². The first-order valence-electron chi connectivity index (χ1n) is 5.51. The van der Waals surface area contributed by atoms with Crippen LogP contribution in [0.2, 0.25) is 0 Å². The maximum Gasteiger partial charge on any atom is 0.233 e. The van der Waals surface area contributed by atoms with Crippen LogP contribution in [0.4, 0.5) is 0 Å². The molecule has 0 atom stereocenters. The van der Waals surface area contributed by atoms with Crippen LogP contribution in [0.25, 0.3) is 0 Å². The molecule has 19 heavy (non-hydrogen) atoms. The topological polar surface area (TPSA) is 83.7 Å². The molecule has 96 valence electrons. The van der Waals surface area contributed by atoms with Gasteiger partial charge in [0.1, 0.15) is 6.07 Å². The third kappa shape index (κ3) is 2.61. The highest BCUT2D eigenvalue weighted by Gasteiger charge is 2.20. The van der Waals surface area contributed by atoms with Gasteiger partial charge in [0.05, 0.1) is 4.90 Å². The van der Waals surface area contributed by atoms with Crippen molar-refractivity contribution in [3.8, 4) is 6.07 Å². The van der Waals surface area contributed by atoms with Gasteiger partial charge < -0.3 is 0 Å². The molecule has 0 bridgehead atoms. The van der Waals surface area contributed by atoms with Crippen LogP contribution in [0.3, 0.4) is 0 Å². The van der Waals surface area contributed by atoms with Gasteiger partial charge in [0, 0.05) is 5.69 Å². The zero-order valence-corrected chi connectivity index (χ0v) is 11.3. The highest BCUT2D eigenvalue weighted by Crippen LogP contribution is 2.20. The Kier molecular flexibility index (Phi) is 3.32. The molecule has 0 N–H and O–H groups in total. The summed E-state index contributed by atoms with van der Waals surface area (Å²) in [4.78, 5) is 7.77. The molecule has 0 radical (unpaired) electrons. The number of aryl methyl sites for hydroxylation is 2. The van der Waals surface area contributed by atoms with Crippen molar-refractivity contribution in [2.45, 2.75) is 23.8 Å². The van der Waals surface area contributed by atoms with Crippen LogP contribution in [0.1, 0.15) is 17.1 Å². The van der Waals surface area contributed by atoms with Crippen molar-refractivity contribution in [1.82, 2.24) is 9.97 Å². The molecule has 0 aliphatic carbocycles. The van der Waals surface area contributed by atoms with E-state index in [9.17, 15) is 8.42 Å². The van der Waals surface area contributed by atoms with Gasteiger partial charge in [-0.05, 0) is 37.6 Å². The molecule has 2 rings (SSSR count). The molecule has 2 aromatic rings. The third-order valence-corrected chi connectivity index (χ3v) is 4.14. The number of hydrogen-bond donors (Lipinski definition) is 0. The van der Waals surface area contributed by atoms with E-state index in [1.807, 2.05) is 13.0 Å². The van der Waals surface area contributed by atoms with E-state index < -0.39 is 9.84 Å². The fourth-order valence-electron chi connectivity index (χ4n) is 1.63. The molecule has 5 nitrogen and oxygen atoms in total. The van der Waals surface area contributed by atoms with Crippen molar-refractivity contribution < 1.29 is 8.42 Å². The molecule has 0 unspecified atom stereocenters. The Morgan fingerprint density at radius 1 is 1.16 bits per heavy atom. The molecule has 1 heterocycles. The minimum atomic E-state index is -3.72. The summed E-state index contributed by atoms with van der Waals surface area (Å²) in [6.07, 6.45) is 0. The van der Waals surface area contributed by atoms with Crippen LogP contribution in [0.15, 0.2) is 40.3 Å². The molecule has 0 aliphatic rings. The zero-order chi connectivity index (χ0) is 14.0. The lowest BCUT2D eigenvalue weighted by atomic mass is 10.2. The maximum absolute atomic E-state index is 12.4. The van der Waals surface area contributed by atoms with Crippen LogP contribution in [-0.4, -0.2) is 18.4 Å². The minimum absolute atomic E-state index is 0.147.